The highest BCUT2D eigenvalue weighted by molar-refractivity contribution is 5.85. The molecule has 0 aliphatic carbocycles. The topological polar surface area (TPSA) is 196 Å². The van der Waals surface area contributed by atoms with Crippen LogP contribution in [0.5, 0.6) is 0 Å². The van der Waals surface area contributed by atoms with E-state index in [1.807, 2.05) is 0 Å². The smallest absolute Gasteiger partial charge is 0.323 e. The fourth-order valence-electron chi connectivity index (χ4n) is 2.86. The average Bonchev–Trinajstić information content (AvgIpc) is 2.62. The van der Waals surface area contributed by atoms with Gasteiger partial charge in [0.25, 0.3) is 0 Å². The van der Waals surface area contributed by atoms with Crippen molar-refractivity contribution in [3.63, 3.8) is 0 Å². The Morgan fingerprint density at radius 1 is 0.548 bits per heavy atom. The average molecular weight is 441 g/mol. The Morgan fingerprint density at radius 3 is 1.29 bits per heavy atom. The van der Waals surface area contributed by atoms with Crippen LogP contribution in [0.1, 0.15) is 0 Å². The molecule has 0 aliphatic rings. The summed E-state index contributed by atoms with van der Waals surface area (Å²) in [5, 5.41) is 45.4. The monoisotopic (exact) mass is 441 g/mol. The first kappa shape index (κ1) is 25.2. The molecule has 0 fully saturated rings. The van der Waals surface area contributed by atoms with Gasteiger partial charge in [0, 0.05) is 13.1 Å². The van der Waals surface area contributed by atoms with E-state index < -0.39 is 62.6 Å². The maximum absolute atomic E-state index is 11.4. The Bertz CT molecular complexity index is 797. The van der Waals surface area contributed by atoms with Gasteiger partial charge in [0.15, 0.2) is 0 Å². The van der Waals surface area contributed by atoms with E-state index in [0.29, 0.717) is 0 Å². The van der Waals surface area contributed by atoms with Crippen LogP contribution in [-0.2, 0) is 24.0 Å². The largest absolute Gasteiger partial charge is 0.480 e. The molecule has 5 N–H and O–H groups in total. The van der Waals surface area contributed by atoms with Crippen LogP contribution in [0.25, 0.3) is 0 Å². The number of nitrogens with zero attached hydrogens (tertiary/aromatic N) is 3. The highest BCUT2D eigenvalue weighted by atomic mass is 16.4. The predicted octanol–water partition coefficient (Wildman–Crippen LogP) is -0.976. The third-order valence-corrected chi connectivity index (χ3v) is 3.95. The number of benzene rings is 1. The highest BCUT2D eigenvalue weighted by Crippen LogP contribution is 2.29. The Morgan fingerprint density at radius 2 is 0.903 bits per heavy atom. The zero-order valence-electron chi connectivity index (χ0n) is 16.4. The summed E-state index contributed by atoms with van der Waals surface area (Å²) < 4.78 is 0. The molecule has 0 aliphatic heterocycles. The molecule has 0 heterocycles. The lowest BCUT2D eigenvalue weighted by Gasteiger charge is -2.31. The van der Waals surface area contributed by atoms with Crippen LogP contribution in [0.15, 0.2) is 24.3 Å². The molecule has 0 saturated carbocycles. The number of carboxylic acids is 5. The number of rotatable bonds is 15. The summed E-state index contributed by atoms with van der Waals surface area (Å²) in [5.74, 6) is -6.37. The van der Waals surface area contributed by atoms with Crippen LogP contribution in [0.2, 0.25) is 0 Å². The van der Waals surface area contributed by atoms with Gasteiger partial charge in [0.2, 0.25) is 0 Å². The highest BCUT2D eigenvalue weighted by Gasteiger charge is 2.22. The van der Waals surface area contributed by atoms with Crippen LogP contribution in [0.4, 0.5) is 11.4 Å². The van der Waals surface area contributed by atoms with Crippen molar-refractivity contribution in [1.82, 2.24) is 4.90 Å². The van der Waals surface area contributed by atoms with Gasteiger partial charge in [-0.15, -0.1) is 0 Å². The van der Waals surface area contributed by atoms with Gasteiger partial charge in [0.05, 0.1) is 24.5 Å². The number of aliphatic carboxylic acids is 5. The summed E-state index contributed by atoms with van der Waals surface area (Å²) in [6.07, 6.45) is 0. The van der Waals surface area contributed by atoms with Gasteiger partial charge in [-0.2, -0.15) is 0 Å². The fourth-order valence-corrected chi connectivity index (χ4v) is 2.86. The summed E-state index contributed by atoms with van der Waals surface area (Å²) in [6, 6.07) is 5.96. The number of hydrogen-bond acceptors (Lipinski definition) is 8. The van der Waals surface area contributed by atoms with Gasteiger partial charge in [-0.25, -0.2) is 0 Å². The maximum Gasteiger partial charge on any atom is 0.323 e. The predicted molar refractivity (Wildman–Crippen MR) is 105 cm³/mol. The lowest BCUT2D eigenvalue weighted by Crippen LogP contribution is -2.43. The van der Waals surface area contributed by atoms with Crippen LogP contribution < -0.4 is 9.80 Å². The lowest BCUT2D eigenvalue weighted by molar-refractivity contribution is -0.142. The molecule has 0 amide bonds. The number of hydrogen-bond donors (Lipinski definition) is 5. The van der Waals surface area contributed by atoms with Crippen LogP contribution in [0.3, 0.4) is 0 Å². The molecule has 0 saturated heterocycles. The number of carboxylic acid groups (broad SMARTS) is 5. The van der Waals surface area contributed by atoms with Crippen molar-refractivity contribution in [1.29, 1.82) is 0 Å². The van der Waals surface area contributed by atoms with Gasteiger partial charge in [-0.05, 0) is 12.1 Å². The molecule has 1 aromatic carbocycles. The summed E-state index contributed by atoms with van der Waals surface area (Å²) in [4.78, 5) is 59.1. The molecule has 13 nitrogen and oxygen atoms in total. The molecule has 0 unspecified atom stereocenters. The Balaban J connectivity index is 3.24. The van der Waals surface area contributed by atoms with Crippen molar-refractivity contribution in [3.05, 3.63) is 24.3 Å². The molecule has 0 atom stereocenters. The number of anilines is 2. The Labute approximate surface area is 176 Å². The second kappa shape index (κ2) is 12.0. The van der Waals surface area contributed by atoms with Crippen molar-refractivity contribution < 1.29 is 49.5 Å². The molecule has 13 heteroatoms. The van der Waals surface area contributed by atoms with E-state index >= 15 is 0 Å². The molecule has 1 aromatic rings. The van der Waals surface area contributed by atoms with Gasteiger partial charge in [-0.3, -0.25) is 28.9 Å². The molecule has 0 aromatic heterocycles. The van der Waals surface area contributed by atoms with Crippen LogP contribution >= 0.6 is 0 Å². The van der Waals surface area contributed by atoms with E-state index in [4.69, 9.17) is 20.4 Å². The molecule has 31 heavy (non-hydrogen) atoms. The Kier molecular flexibility index (Phi) is 9.72. The molecule has 0 radical (unpaired) electrons. The summed E-state index contributed by atoms with van der Waals surface area (Å²) in [7, 11) is 0. The molecule has 170 valence electrons. The number of para-hydroxylation sites is 2. The SMILES string of the molecule is O=C(O)CN(CCN(CC(=O)O)c1ccccc1N(CC(=O)O)CC(=O)O)CC(=O)O. The zero-order valence-corrected chi connectivity index (χ0v) is 16.4. The minimum absolute atomic E-state index is 0.113. The van der Waals surface area contributed by atoms with Gasteiger partial charge < -0.3 is 35.3 Å². The van der Waals surface area contributed by atoms with Gasteiger partial charge >= 0.3 is 29.8 Å². The quantitative estimate of drug-likeness (QED) is 0.223. The second-order valence-corrected chi connectivity index (χ2v) is 6.45. The first-order valence-corrected chi connectivity index (χ1v) is 8.89. The normalized spacial score (nSPS) is 10.5. The molecule has 1 rings (SSSR count). The van der Waals surface area contributed by atoms with Crippen molar-refractivity contribution in [2.45, 2.75) is 0 Å². The lowest BCUT2D eigenvalue weighted by atomic mass is 10.2. The van der Waals surface area contributed by atoms with Gasteiger partial charge in [-0.1, -0.05) is 12.1 Å². The minimum atomic E-state index is -1.30. The zero-order chi connectivity index (χ0) is 23.6. The van der Waals surface area contributed by atoms with E-state index in [-0.39, 0.29) is 24.5 Å². The van der Waals surface area contributed by atoms with Crippen molar-refractivity contribution in [2.24, 2.45) is 0 Å². The van der Waals surface area contributed by atoms with E-state index in [0.717, 1.165) is 9.80 Å². The molecular weight excluding hydrogens is 418 g/mol. The van der Waals surface area contributed by atoms with Gasteiger partial charge in [0.1, 0.15) is 19.6 Å². The first-order valence-electron chi connectivity index (χ1n) is 8.89. The third-order valence-electron chi connectivity index (χ3n) is 3.95. The molecule has 0 spiro atoms. The molecule has 0 bridgehead atoms. The first-order chi connectivity index (χ1) is 14.5. The van der Waals surface area contributed by atoms with E-state index in [9.17, 15) is 29.1 Å². The van der Waals surface area contributed by atoms with Crippen molar-refractivity contribution >= 4 is 41.2 Å². The third kappa shape index (κ3) is 9.45. The van der Waals surface area contributed by atoms with E-state index in [2.05, 4.69) is 0 Å². The summed E-state index contributed by atoms with van der Waals surface area (Å²) in [6.45, 7) is -3.30. The van der Waals surface area contributed by atoms with Crippen molar-refractivity contribution in [2.75, 3.05) is 55.6 Å². The summed E-state index contributed by atoms with van der Waals surface area (Å²) in [5.41, 5.74) is 0.356. The maximum atomic E-state index is 11.4. The molecular formula is C18H23N3O10. The van der Waals surface area contributed by atoms with Crippen LogP contribution in [0, 0.1) is 0 Å². The number of carbonyl (C=O) groups is 5. The van der Waals surface area contributed by atoms with E-state index in [1.54, 1.807) is 6.07 Å². The fraction of sp³-hybridized carbons (Fsp3) is 0.389. The van der Waals surface area contributed by atoms with Crippen LogP contribution in [-0.4, -0.2) is 106 Å². The minimum Gasteiger partial charge on any atom is -0.480 e. The Hall–Kier alpha value is -3.87. The van der Waals surface area contributed by atoms with Crippen molar-refractivity contribution in [3.8, 4) is 0 Å². The standard InChI is InChI=1S/C18H23N3O10/c22-14(23)7-19(8-15(24)25)5-6-20(9-16(26)27)12-3-1-2-4-13(12)21(10-17(28)29)11-18(30)31/h1-4H,5-11H2,(H,22,23)(H,24,25)(H,26,27)(H,28,29)(H,30,31). The second-order valence-electron chi connectivity index (χ2n) is 6.45. The van der Waals surface area contributed by atoms with E-state index in [1.165, 1.54) is 23.1 Å². The summed E-state index contributed by atoms with van der Waals surface area (Å²) >= 11 is 0.